The van der Waals surface area contributed by atoms with E-state index in [-0.39, 0.29) is 0 Å². The summed E-state index contributed by atoms with van der Waals surface area (Å²) in [5.74, 6) is -2.15. The molecule has 2 N–H and O–H groups in total. The van der Waals surface area contributed by atoms with E-state index in [9.17, 15) is 22.4 Å². The van der Waals surface area contributed by atoms with Crippen molar-refractivity contribution in [2.24, 2.45) is 0 Å². The second-order valence-corrected chi connectivity index (χ2v) is 6.90. The Balaban J connectivity index is 1.84. The minimum Gasteiger partial charge on any atom is -0.495 e. The first-order chi connectivity index (χ1) is 12.8. The number of carbonyl (C=O) groups is 2. The maximum Gasteiger partial charge on any atom is 0.321 e. The number of esters is 1. The summed E-state index contributed by atoms with van der Waals surface area (Å²) in [5, 5.41) is 2.49. The maximum absolute atomic E-state index is 13.5. The zero-order valence-corrected chi connectivity index (χ0v) is 15.1. The monoisotopic (exact) mass is 396 g/mol. The smallest absolute Gasteiger partial charge is 0.321 e. The number of ether oxygens (including phenoxy) is 2. The molecular weight excluding hydrogens is 379 g/mol. The highest BCUT2D eigenvalue weighted by atomic mass is 32.2. The highest BCUT2D eigenvalue weighted by Crippen LogP contribution is 2.22. The molecule has 0 aliphatic heterocycles. The Morgan fingerprint density at radius 1 is 1.07 bits per heavy atom. The van der Waals surface area contributed by atoms with Gasteiger partial charge in [0.2, 0.25) is 10.0 Å². The van der Waals surface area contributed by atoms with E-state index in [2.05, 4.69) is 5.32 Å². The number of carbonyl (C=O) groups excluding carboxylic acids is 2. The van der Waals surface area contributed by atoms with Crippen molar-refractivity contribution in [3.05, 3.63) is 54.3 Å². The van der Waals surface area contributed by atoms with Crippen molar-refractivity contribution in [3.63, 3.8) is 0 Å². The first kappa shape index (κ1) is 20.3. The highest BCUT2D eigenvalue weighted by Gasteiger charge is 2.20. The van der Waals surface area contributed by atoms with E-state index in [1.807, 2.05) is 4.72 Å². The number of hydrogen-bond donors (Lipinski definition) is 2. The van der Waals surface area contributed by atoms with Gasteiger partial charge in [-0.25, -0.2) is 12.8 Å². The molecule has 0 aliphatic carbocycles. The molecule has 2 aromatic rings. The zero-order chi connectivity index (χ0) is 19.9. The van der Waals surface area contributed by atoms with Crippen molar-refractivity contribution >= 4 is 27.6 Å². The van der Waals surface area contributed by atoms with Crippen LogP contribution in [-0.2, 0) is 24.3 Å². The first-order valence-electron chi connectivity index (χ1n) is 7.66. The van der Waals surface area contributed by atoms with Crippen LogP contribution in [0.15, 0.2) is 53.4 Å². The average Bonchev–Trinajstić information content (AvgIpc) is 2.65. The van der Waals surface area contributed by atoms with Crippen molar-refractivity contribution < 1.29 is 31.9 Å². The van der Waals surface area contributed by atoms with Crippen LogP contribution in [0.5, 0.6) is 5.75 Å². The van der Waals surface area contributed by atoms with Gasteiger partial charge in [-0.2, -0.15) is 4.72 Å². The van der Waals surface area contributed by atoms with E-state index in [0.29, 0.717) is 11.4 Å². The van der Waals surface area contributed by atoms with Gasteiger partial charge >= 0.3 is 5.97 Å². The largest absolute Gasteiger partial charge is 0.495 e. The van der Waals surface area contributed by atoms with Crippen LogP contribution in [0.4, 0.5) is 10.1 Å². The molecule has 0 bridgehead atoms. The fraction of sp³-hybridized carbons (Fsp3) is 0.176. The van der Waals surface area contributed by atoms with E-state index in [1.54, 1.807) is 24.3 Å². The third-order valence-corrected chi connectivity index (χ3v) is 4.71. The molecule has 2 aromatic carbocycles. The summed E-state index contributed by atoms with van der Waals surface area (Å²) < 4.78 is 49.1. The van der Waals surface area contributed by atoms with Gasteiger partial charge in [-0.3, -0.25) is 9.59 Å². The van der Waals surface area contributed by atoms with E-state index in [4.69, 9.17) is 9.47 Å². The summed E-state index contributed by atoms with van der Waals surface area (Å²) in [7, 11) is -2.79. The lowest BCUT2D eigenvalue weighted by molar-refractivity contribution is -0.146. The van der Waals surface area contributed by atoms with Crippen LogP contribution >= 0.6 is 0 Å². The molecule has 27 heavy (non-hydrogen) atoms. The zero-order valence-electron chi connectivity index (χ0n) is 14.3. The predicted molar refractivity (Wildman–Crippen MR) is 94.2 cm³/mol. The number of sulfonamides is 1. The van der Waals surface area contributed by atoms with Gasteiger partial charge in [-0.1, -0.05) is 24.3 Å². The molecule has 0 aromatic heterocycles. The molecule has 0 unspecified atom stereocenters. The molecule has 10 heteroatoms. The number of anilines is 1. The van der Waals surface area contributed by atoms with Crippen molar-refractivity contribution in [1.29, 1.82) is 0 Å². The van der Waals surface area contributed by atoms with Gasteiger partial charge in [0, 0.05) is 0 Å². The normalized spacial score (nSPS) is 10.9. The van der Waals surface area contributed by atoms with Crippen LogP contribution in [0.3, 0.4) is 0 Å². The molecule has 0 saturated carbocycles. The van der Waals surface area contributed by atoms with E-state index >= 15 is 0 Å². The molecule has 2 rings (SSSR count). The van der Waals surface area contributed by atoms with Crippen LogP contribution in [-0.4, -0.2) is 40.6 Å². The summed E-state index contributed by atoms with van der Waals surface area (Å²) in [5.41, 5.74) is 0.390. The number of amides is 1. The number of halogens is 1. The van der Waals surface area contributed by atoms with Crippen molar-refractivity contribution in [3.8, 4) is 5.75 Å². The molecule has 0 radical (unpaired) electrons. The molecule has 0 spiro atoms. The van der Waals surface area contributed by atoms with Crippen LogP contribution in [0.2, 0.25) is 0 Å². The lowest BCUT2D eigenvalue weighted by Crippen LogP contribution is -2.32. The molecule has 1 amide bonds. The topological polar surface area (TPSA) is 111 Å². The fourth-order valence-electron chi connectivity index (χ4n) is 2.03. The van der Waals surface area contributed by atoms with Gasteiger partial charge < -0.3 is 14.8 Å². The van der Waals surface area contributed by atoms with Gasteiger partial charge in [0.25, 0.3) is 5.91 Å². The van der Waals surface area contributed by atoms with Gasteiger partial charge in [0.05, 0.1) is 12.8 Å². The van der Waals surface area contributed by atoms with E-state index in [1.165, 1.54) is 19.2 Å². The Labute approximate surface area is 155 Å². The van der Waals surface area contributed by atoms with Crippen LogP contribution in [0.25, 0.3) is 0 Å². The average molecular weight is 396 g/mol. The molecule has 0 fully saturated rings. The van der Waals surface area contributed by atoms with Crippen LogP contribution in [0.1, 0.15) is 0 Å². The Morgan fingerprint density at radius 3 is 2.44 bits per heavy atom. The summed E-state index contributed by atoms with van der Waals surface area (Å²) in [4.78, 5) is 22.9. The van der Waals surface area contributed by atoms with Gasteiger partial charge in [-0.05, 0) is 24.3 Å². The van der Waals surface area contributed by atoms with Gasteiger partial charge in [0.15, 0.2) is 6.61 Å². The van der Waals surface area contributed by atoms with Crippen molar-refractivity contribution in [2.45, 2.75) is 4.90 Å². The fourth-order valence-corrected chi connectivity index (χ4v) is 3.07. The minimum absolute atomic E-state index is 0.390. The summed E-state index contributed by atoms with van der Waals surface area (Å²) >= 11 is 0. The Kier molecular flexibility index (Phi) is 6.85. The number of para-hydroxylation sites is 2. The number of benzene rings is 2. The molecule has 0 heterocycles. The van der Waals surface area contributed by atoms with Gasteiger partial charge in [-0.15, -0.1) is 0 Å². The molecule has 0 atom stereocenters. The second-order valence-electron chi connectivity index (χ2n) is 5.16. The lowest BCUT2D eigenvalue weighted by Gasteiger charge is -2.10. The molecule has 0 aliphatic rings. The standard InChI is InChI=1S/C17H17FN2O6S/c1-25-14-8-4-3-7-13(14)20-16(21)11-26-17(22)10-19-27(23,24)15-9-5-2-6-12(15)18/h2-9,19H,10-11H2,1H3,(H,20,21). The van der Waals surface area contributed by atoms with Crippen LogP contribution in [0, 0.1) is 5.82 Å². The third-order valence-electron chi connectivity index (χ3n) is 3.28. The molecule has 144 valence electrons. The molecular formula is C17H17FN2O6S. The minimum atomic E-state index is -4.23. The van der Waals surface area contributed by atoms with Crippen molar-refractivity contribution in [2.75, 3.05) is 25.6 Å². The number of rotatable bonds is 8. The van der Waals surface area contributed by atoms with Gasteiger partial charge in [0.1, 0.15) is 23.0 Å². The maximum atomic E-state index is 13.5. The Morgan fingerprint density at radius 2 is 1.74 bits per heavy atom. The molecule has 8 nitrogen and oxygen atoms in total. The lowest BCUT2D eigenvalue weighted by atomic mass is 10.3. The summed E-state index contributed by atoms with van der Waals surface area (Å²) in [6.45, 7) is -1.38. The quantitative estimate of drug-likeness (QED) is 0.651. The van der Waals surface area contributed by atoms with Crippen LogP contribution < -0.4 is 14.8 Å². The van der Waals surface area contributed by atoms with Crippen molar-refractivity contribution in [1.82, 2.24) is 4.72 Å². The third kappa shape index (κ3) is 5.76. The number of nitrogens with one attached hydrogen (secondary N) is 2. The summed E-state index contributed by atoms with van der Waals surface area (Å²) in [6.07, 6.45) is 0. The van der Waals surface area contributed by atoms with E-state index in [0.717, 1.165) is 12.1 Å². The van der Waals surface area contributed by atoms with E-state index < -0.39 is 45.8 Å². The number of methoxy groups -OCH3 is 1. The Hall–Kier alpha value is -2.98. The second kappa shape index (κ2) is 9.10. The predicted octanol–water partition coefficient (Wildman–Crippen LogP) is 1.29. The Bertz CT molecular complexity index is 933. The SMILES string of the molecule is COc1ccccc1NC(=O)COC(=O)CNS(=O)(=O)c1ccccc1F. The summed E-state index contributed by atoms with van der Waals surface area (Å²) in [6, 6.07) is 11.4. The number of hydrogen-bond acceptors (Lipinski definition) is 6. The molecule has 0 saturated heterocycles. The highest BCUT2D eigenvalue weighted by molar-refractivity contribution is 7.89. The first-order valence-corrected chi connectivity index (χ1v) is 9.14.